The molecule has 0 amide bonds. The maximum absolute atomic E-state index is 12.4. The SMILES string of the molecule is COc1cc(/C=C/C(=O)OC2CC3CCC2(C)C3(C)C)cc(OC)c1OC. The lowest BCUT2D eigenvalue weighted by Crippen LogP contribution is -2.38. The molecular formula is C22H30O5. The van der Waals surface area contributed by atoms with E-state index in [-0.39, 0.29) is 22.9 Å². The van der Waals surface area contributed by atoms with E-state index in [2.05, 4.69) is 20.8 Å². The van der Waals surface area contributed by atoms with Gasteiger partial charge in [-0.05, 0) is 54.4 Å². The maximum Gasteiger partial charge on any atom is 0.331 e. The van der Waals surface area contributed by atoms with E-state index in [1.165, 1.54) is 12.5 Å². The van der Waals surface area contributed by atoms with Crippen LogP contribution in [-0.4, -0.2) is 33.4 Å². The molecule has 0 aromatic heterocycles. The zero-order chi connectivity index (χ0) is 19.8. The molecule has 1 aromatic carbocycles. The Morgan fingerprint density at radius 3 is 2.15 bits per heavy atom. The van der Waals surface area contributed by atoms with E-state index in [0.717, 1.165) is 18.4 Å². The highest BCUT2D eigenvalue weighted by atomic mass is 16.5. The summed E-state index contributed by atoms with van der Waals surface area (Å²) in [6.45, 7) is 6.88. The third kappa shape index (κ3) is 3.17. The Labute approximate surface area is 161 Å². The molecule has 2 saturated carbocycles. The van der Waals surface area contributed by atoms with Crippen molar-refractivity contribution in [3.8, 4) is 17.2 Å². The molecule has 0 aliphatic heterocycles. The van der Waals surface area contributed by atoms with Crippen LogP contribution in [-0.2, 0) is 9.53 Å². The van der Waals surface area contributed by atoms with Crippen LogP contribution < -0.4 is 14.2 Å². The largest absolute Gasteiger partial charge is 0.493 e. The van der Waals surface area contributed by atoms with Gasteiger partial charge in [0.1, 0.15) is 6.10 Å². The van der Waals surface area contributed by atoms with E-state index in [4.69, 9.17) is 18.9 Å². The van der Waals surface area contributed by atoms with Crippen LogP contribution in [0.5, 0.6) is 17.2 Å². The van der Waals surface area contributed by atoms with Gasteiger partial charge in [0.2, 0.25) is 5.75 Å². The number of carbonyl (C=O) groups is 1. The first kappa shape index (κ1) is 19.6. The van der Waals surface area contributed by atoms with Gasteiger partial charge < -0.3 is 18.9 Å². The van der Waals surface area contributed by atoms with Gasteiger partial charge in [-0.3, -0.25) is 0 Å². The van der Waals surface area contributed by atoms with E-state index >= 15 is 0 Å². The van der Waals surface area contributed by atoms with Gasteiger partial charge >= 0.3 is 5.97 Å². The highest BCUT2D eigenvalue weighted by molar-refractivity contribution is 5.87. The summed E-state index contributed by atoms with van der Waals surface area (Å²) in [7, 11) is 4.69. The molecule has 3 atom stereocenters. The smallest absolute Gasteiger partial charge is 0.331 e. The first-order valence-electron chi connectivity index (χ1n) is 9.45. The average Bonchev–Trinajstić information content (AvgIpc) is 2.98. The van der Waals surface area contributed by atoms with Gasteiger partial charge in [-0.25, -0.2) is 4.79 Å². The van der Waals surface area contributed by atoms with Gasteiger partial charge in [0.15, 0.2) is 11.5 Å². The van der Waals surface area contributed by atoms with Gasteiger partial charge in [-0.2, -0.15) is 0 Å². The third-order valence-electron chi connectivity index (χ3n) is 7.07. The Kier molecular flexibility index (Phi) is 5.15. The molecule has 3 unspecified atom stereocenters. The van der Waals surface area contributed by atoms with Gasteiger partial charge in [0, 0.05) is 11.5 Å². The minimum absolute atomic E-state index is 0.0108. The number of esters is 1. The Morgan fingerprint density at radius 2 is 1.70 bits per heavy atom. The molecule has 27 heavy (non-hydrogen) atoms. The van der Waals surface area contributed by atoms with Crippen LogP contribution in [0.3, 0.4) is 0 Å². The number of benzene rings is 1. The van der Waals surface area contributed by atoms with Crippen molar-refractivity contribution in [2.75, 3.05) is 21.3 Å². The Morgan fingerprint density at radius 1 is 1.07 bits per heavy atom. The predicted octanol–water partition coefficient (Wildman–Crippen LogP) is 4.48. The van der Waals surface area contributed by atoms with E-state index in [1.54, 1.807) is 39.5 Å². The van der Waals surface area contributed by atoms with Gasteiger partial charge in [0.05, 0.1) is 21.3 Å². The summed E-state index contributed by atoms with van der Waals surface area (Å²) in [5, 5.41) is 0. The fraction of sp³-hybridized carbons (Fsp3) is 0.591. The molecule has 1 aromatic rings. The number of carbonyl (C=O) groups excluding carboxylic acids is 1. The molecule has 0 heterocycles. The predicted molar refractivity (Wildman–Crippen MR) is 104 cm³/mol. The van der Waals surface area contributed by atoms with Gasteiger partial charge in [-0.15, -0.1) is 0 Å². The van der Waals surface area contributed by atoms with Crippen LogP contribution in [0.1, 0.15) is 45.6 Å². The van der Waals surface area contributed by atoms with Crippen molar-refractivity contribution in [1.29, 1.82) is 0 Å². The molecule has 0 N–H and O–H groups in total. The van der Waals surface area contributed by atoms with Crippen molar-refractivity contribution in [2.45, 2.75) is 46.1 Å². The first-order valence-corrected chi connectivity index (χ1v) is 9.45. The van der Waals surface area contributed by atoms with E-state index in [9.17, 15) is 4.79 Å². The highest BCUT2D eigenvalue weighted by Gasteiger charge is 2.62. The van der Waals surface area contributed by atoms with Crippen LogP contribution in [0.15, 0.2) is 18.2 Å². The minimum atomic E-state index is -0.307. The minimum Gasteiger partial charge on any atom is -0.493 e. The van der Waals surface area contributed by atoms with Crippen LogP contribution >= 0.6 is 0 Å². The Hall–Kier alpha value is -2.17. The zero-order valence-corrected chi connectivity index (χ0v) is 17.1. The number of methoxy groups -OCH3 is 3. The molecule has 0 spiro atoms. The summed E-state index contributed by atoms with van der Waals surface area (Å²) in [6.07, 6.45) is 6.50. The van der Waals surface area contributed by atoms with Crippen molar-refractivity contribution >= 4 is 12.0 Å². The molecule has 2 aliphatic carbocycles. The molecule has 148 valence electrons. The molecule has 0 radical (unpaired) electrons. The van der Waals surface area contributed by atoms with Gasteiger partial charge in [0.25, 0.3) is 0 Å². The van der Waals surface area contributed by atoms with Crippen LogP contribution in [0.2, 0.25) is 0 Å². The summed E-state index contributed by atoms with van der Waals surface area (Å²) in [6, 6.07) is 3.60. The van der Waals surface area contributed by atoms with Crippen molar-refractivity contribution in [1.82, 2.24) is 0 Å². The second kappa shape index (κ2) is 7.10. The van der Waals surface area contributed by atoms with E-state index in [0.29, 0.717) is 23.2 Å². The Bertz CT molecular complexity index is 726. The molecule has 5 heteroatoms. The number of ether oxygens (including phenoxy) is 4. The lowest BCUT2D eigenvalue weighted by atomic mass is 9.70. The number of hydrogen-bond acceptors (Lipinski definition) is 5. The quantitative estimate of drug-likeness (QED) is 0.543. The van der Waals surface area contributed by atoms with Crippen molar-refractivity contribution < 1.29 is 23.7 Å². The molecule has 2 aliphatic rings. The fourth-order valence-corrected chi connectivity index (χ4v) is 4.85. The summed E-state index contributed by atoms with van der Waals surface area (Å²) in [5.74, 6) is 1.95. The fourth-order valence-electron chi connectivity index (χ4n) is 4.85. The Balaban J connectivity index is 1.73. The summed E-state index contributed by atoms with van der Waals surface area (Å²) < 4.78 is 21.9. The lowest BCUT2D eigenvalue weighted by molar-refractivity contribution is -0.150. The highest BCUT2D eigenvalue weighted by Crippen LogP contribution is 2.66. The summed E-state index contributed by atoms with van der Waals surface area (Å²) >= 11 is 0. The van der Waals surface area contributed by atoms with Gasteiger partial charge in [-0.1, -0.05) is 20.8 Å². The maximum atomic E-state index is 12.4. The third-order valence-corrected chi connectivity index (χ3v) is 7.07. The lowest BCUT2D eigenvalue weighted by Gasteiger charge is -2.38. The van der Waals surface area contributed by atoms with Crippen LogP contribution in [0, 0.1) is 16.7 Å². The monoisotopic (exact) mass is 374 g/mol. The number of hydrogen-bond donors (Lipinski definition) is 0. The number of fused-ring (bicyclic) bond motifs is 2. The standard InChI is InChI=1S/C22H30O5/c1-21(2)15-9-10-22(21,3)18(13-15)27-19(23)8-7-14-11-16(24-4)20(26-6)17(12-14)25-5/h7-8,11-12,15,18H,9-10,13H2,1-6H3/b8-7+. The summed E-state index contributed by atoms with van der Waals surface area (Å²) in [5.41, 5.74) is 1.06. The zero-order valence-electron chi connectivity index (χ0n) is 17.1. The topological polar surface area (TPSA) is 54.0 Å². The summed E-state index contributed by atoms with van der Waals surface area (Å²) in [4.78, 5) is 12.4. The molecular weight excluding hydrogens is 344 g/mol. The van der Waals surface area contributed by atoms with Crippen LogP contribution in [0.25, 0.3) is 6.08 Å². The van der Waals surface area contributed by atoms with E-state index < -0.39 is 0 Å². The molecule has 0 saturated heterocycles. The second-order valence-electron chi connectivity index (χ2n) is 8.33. The molecule has 3 rings (SSSR count). The number of rotatable bonds is 6. The first-order chi connectivity index (χ1) is 12.8. The second-order valence-corrected chi connectivity index (χ2v) is 8.33. The van der Waals surface area contributed by atoms with Crippen molar-refractivity contribution in [3.63, 3.8) is 0 Å². The molecule has 2 bridgehead atoms. The van der Waals surface area contributed by atoms with Crippen molar-refractivity contribution in [3.05, 3.63) is 23.8 Å². The average molecular weight is 374 g/mol. The van der Waals surface area contributed by atoms with Crippen molar-refractivity contribution in [2.24, 2.45) is 16.7 Å². The van der Waals surface area contributed by atoms with Crippen LogP contribution in [0.4, 0.5) is 0 Å². The molecule has 2 fully saturated rings. The van der Waals surface area contributed by atoms with E-state index in [1.807, 2.05) is 0 Å². The molecule has 5 nitrogen and oxygen atoms in total. The normalized spacial score (nSPS) is 28.4.